The van der Waals surface area contributed by atoms with Crippen molar-refractivity contribution in [3.63, 3.8) is 0 Å². The average Bonchev–Trinajstić information content (AvgIpc) is 3.08. The van der Waals surface area contributed by atoms with E-state index < -0.39 is 0 Å². The highest BCUT2D eigenvalue weighted by atomic mass is 35.5. The van der Waals surface area contributed by atoms with Crippen LogP contribution in [0.2, 0.25) is 5.02 Å². The number of rotatable bonds is 6. The molecule has 2 aromatic carbocycles. The number of nitrogens with zero attached hydrogens (tertiary/aromatic N) is 1. The average molecular weight is 341 g/mol. The van der Waals surface area contributed by atoms with Crippen molar-refractivity contribution in [3.05, 3.63) is 77.3 Å². The minimum Gasteiger partial charge on any atom is -0.441 e. The summed E-state index contributed by atoms with van der Waals surface area (Å²) in [5.41, 5.74) is 1.94. The second-order valence-electron chi connectivity index (χ2n) is 5.39. The summed E-state index contributed by atoms with van der Waals surface area (Å²) in [6.07, 6.45) is 2.48. The molecule has 1 N–H and O–H groups in total. The zero-order chi connectivity index (χ0) is 16.8. The molecule has 0 spiro atoms. The SMILES string of the molecule is O=C(CCc1ncc(-c2ccccc2)o1)NCc1cccc(Cl)c1. The number of aromatic nitrogens is 1. The molecule has 0 atom stereocenters. The van der Waals surface area contributed by atoms with E-state index in [1.54, 1.807) is 12.3 Å². The molecule has 3 rings (SSSR count). The van der Waals surface area contributed by atoms with Gasteiger partial charge in [0.05, 0.1) is 6.20 Å². The zero-order valence-electron chi connectivity index (χ0n) is 13.0. The fourth-order valence-electron chi connectivity index (χ4n) is 2.32. The van der Waals surface area contributed by atoms with E-state index in [0.717, 1.165) is 11.1 Å². The van der Waals surface area contributed by atoms with Crippen molar-refractivity contribution in [3.8, 4) is 11.3 Å². The quantitative estimate of drug-likeness (QED) is 0.730. The van der Waals surface area contributed by atoms with Crippen molar-refractivity contribution < 1.29 is 9.21 Å². The molecule has 0 fully saturated rings. The van der Waals surface area contributed by atoms with Crippen LogP contribution in [0.5, 0.6) is 0 Å². The molecule has 1 heterocycles. The van der Waals surface area contributed by atoms with Crippen molar-refractivity contribution in [2.24, 2.45) is 0 Å². The molecule has 5 heteroatoms. The summed E-state index contributed by atoms with van der Waals surface area (Å²) < 4.78 is 5.69. The van der Waals surface area contributed by atoms with E-state index in [2.05, 4.69) is 10.3 Å². The first-order valence-electron chi connectivity index (χ1n) is 7.72. The molecule has 1 aromatic heterocycles. The lowest BCUT2D eigenvalue weighted by atomic mass is 10.2. The number of carbonyl (C=O) groups excluding carboxylic acids is 1. The first-order chi connectivity index (χ1) is 11.7. The summed E-state index contributed by atoms with van der Waals surface area (Å²) in [4.78, 5) is 16.2. The Balaban J connectivity index is 1.49. The van der Waals surface area contributed by atoms with Crippen LogP contribution < -0.4 is 5.32 Å². The van der Waals surface area contributed by atoms with Crippen molar-refractivity contribution in [1.29, 1.82) is 0 Å². The fraction of sp³-hybridized carbons (Fsp3) is 0.158. The fourth-order valence-corrected chi connectivity index (χ4v) is 2.53. The van der Waals surface area contributed by atoms with E-state index >= 15 is 0 Å². The largest absolute Gasteiger partial charge is 0.441 e. The summed E-state index contributed by atoms with van der Waals surface area (Å²) in [5, 5.41) is 3.53. The number of amides is 1. The van der Waals surface area contributed by atoms with Gasteiger partial charge in [0.25, 0.3) is 0 Å². The van der Waals surface area contributed by atoms with Gasteiger partial charge in [-0.3, -0.25) is 4.79 Å². The van der Waals surface area contributed by atoms with E-state index in [9.17, 15) is 4.79 Å². The molecule has 0 aliphatic heterocycles. The first-order valence-corrected chi connectivity index (χ1v) is 8.10. The third kappa shape index (κ3) is 4.46. The molecule has 0 aliphatic carbocycles. The third-order valence-electron chi connectivity index (χ3n) is 3.56. The van der Waals surface area contributed by atoms with Crippen LogP contribution in [-0.4, -0.2) is 10.9 Å². The predicted octanol–water partition coefficient (Wildman–Crippen LogP) is 4.24. The van der Waals surface area contributed by atoms with E-state index in [4.69, 9.17) is 16.0 Å². The van der Waals surface area contributed by atoms with Gasteiger partial charge >= 0.3 is 0 Å². The number of hydrogen-bond acceptors (Lipinski definition) is 3. The zero-order valence-corrected chi connectivity index (χ0v) is 13.8. The Morgan fingerprint density at radius 2 is 1.96 bits per heavy atom. The van der Waals surface area contributed by atoms with Crippen LogP contribution >= 0.6 is 11.6 Å². The van der Waals surface area contributed by atoms with Gasteiger partial charge in [0.2, 0.25) is 5.91 Å². The van der Waals surface area contributed by atoms with Crippen LogP contribution in [0.4, 0.5) is 0 Å². The van der Waals surface area contributed by atoms with Gasteiger partial charge in [0.1, 0.15) is 0 Å². The molecular formula is C19H17ClN2O2. The molecule has 122 valence electrons. The van der Waals surface area contributed by atoms with Crippen LogP contribution in [0.1, 0.15) is 17.9 Å². The summed E-state index contributed by atoms with van der Waals surface area (Å²) in [7, 11) is 0. The molecule has 0 unspecified atom stereocenters. The van der Waals surface area contributed by atoms with Crippen molar-refractivity contribution in [2.75, 3.05) is 0 Å². The molecular weight excluding hydrogens is 324 g/mol. The molecule has 0 aliphatic rings. The number of nitrogens with one attached hydrogen (secondary N) is 1. The topological polar surface area (TPSA) is 55.1 Å². The van der Waals surface area contributed by atoms with Crippen LogP contribution in [-0.2, 0) is 17.8 Å². The van der Waals surface area contributed by atoms with Gasteiger partial charge in [0, 0.05) is 30.0 Å². The number of carbonyl (C=O) groups is 1. The Hall–Kier alpha value is -2.59. The van der Waals surface area contributed by atoms with E-state index in [0.29, 0.717) is 36.1 Å². The molecule has 4 nitrogen and oxygen atoms in total. The van der Waals surface area contributed by atoms with Crippen LogP contribution in [0.3, 0.4) is 0 Å². The van der Waals surface area contributed by atoms with Gasteiger partial charge in [-0.05, 0) is 17.7 Å². The van der Waals surface area contributed by atoms with Gasteiger partial charge in [-0.15, -0.1) is 0 Å². The molecule has 1 amide bonds. The number of halogens is 1. The maximum atomic E-state index is 11.9. The third-order valence-corrected chi connectivity index (χ3v) is 3.79. The Morgan fingerprint density at radius 3 is 2.75 bits per heavy atom. The Morgan fingerprint density at radius 1 is 1.12 bits per heavy atom. The lowest BCUT2D eigenvalue weighted by molar-refractivity contribution is -0.121. The Bertz CT molecular complexity index is 815. The highest BCUT2D eigenvalue weighted by Gasteiger charge is 2.09. The molecule has 0 saturated carbocycles. The number of hydrogen-bond donors (Lipinski definition) is 1. The molecule has 3 aromatic rings. The predicted molar refractivity (Wildman–Crippen MR) is 93.6 cm³/mol. The maximum Gasteiger partial charge on any atom is 0.220 e. The minimum absolute atomic E-state index is 0.0468. The van der Waals surface area contributed by atoms with Crippen molar-refractivity contribution in [1.82, 2.24) is 10.3 Å². The second kappa shape index (κ2) is 7.79. The van der Waals surface area contributed by atoms with Crippen LogP contribution in [0, 0.1) is 0 Å². The van der Waals surface area contributed by atoms with Crippen LogP contribution in [0.15, 0.2) is 65.2 Å². The summed E-state index contributed by atoms with van der Waals surface area (Å²) >= 11 is 5.92. The lowest BCUT2D eigenvalue weighted by Gasteiger charge is -2.05. The van der Waals surface area contributed by atoms with E-state index in [1.807, 2.05) is 48.5 Å². The molecule has 0 bridgehead atoms. The standard InChI is InChI=1S/C19H17ClN2O2/c20-16-8-4-5-14(11-16)12-21-18(23)9-10-19-22-13-17(24-19)15-6-2-1-3-7-15/h1-8,11,13H,9-10,12H2,(H,21,23). The Labute approximate surface area is 145 Å². The van der Waals surface area contributed by atoms with Gasteiger partial charge in [-0.25, -0.2) is 4.98 Å². The van der Waals surface area contributed by atoms with Gasteiger partial charge in [-0.1, -0.05) is 54.1 Å². The summed E-state index contributed by atoms with van der Waals surface area (Å²) in [5.74, 6) is 1.23. The lowest BCUT2D eigenvalue weighted by Crippen LogP contribution is -2.23. The van der Waals surface area contributed by atoms with Gasteiger partial charge < -0.3 is 9.73 Å². The highest BCUT2D eigenvalue weighted by Crippen LogP contribution is 2.20. The van der Waals surface area contributed by atoms with Crippen LogP contribution in [0.25, 0.3) is 11.3 Å². The second-order valence-corrected chi connectivity index (χ2v) is 5.83. The van der Waals surface area contributed by atoms with E-state index in [1.165, 1.54) is 0 Å². The Kier molecular flexibility index (Phi) is 5.29. The minimum atomic E-state index is -0.0468. The maximum absolute atomic E-state index is 11.9. The van der Waals surface area contributed by atoms with Crippen molar-refractivity contribution in [2.45, 2.75) is 19.4 Å². The normalized spacial score (nSPS) is 10.5. The summed E-state index contributed by atoms with van der Waals surface area (Å²) in [6, 6.07) is 17.2. The van der Waals surface area contributed by atoms with Gasteiger partial charge in [0.15, 0.2) is 11.7 Å². The number of aryl methyl sites for hydroxylation is 1. The van der Waals surface area contributed by atoms with Crippen molar-refractivity contribution >= 4 is 17.5 Å². The monoisotopic (exact) mass is 340 g/mol. The molecule has 24 heavy (non-hydrogen) atoms. The van der Waals surface area contributed by atoms with Gasteiger partial charge in [-0.2, -0.15) is 0 Å². The van der Waals surface area contributed by atoms with E-state index in [-0.39, 0.29) is 5.91 Å². The number of benzene rings is 2. The molecule has 0 radical (unpaired) electrons. The number of oxazole rings is 1. The summed E-state index contributed by atoms with van der Waals surface area (Å²) in [6.45, 7) is 0.459. The smallest absolute Gasteiger partial charge is 0.220 e. The molecule has 0 saturated heterocycles. The highest BCUT2D eigenvalue weighted by molar-refractivity contribution is 6.30. The first kappa shape index (κ1) is 16.3.